The molecule has 12 heavy (non-hydrogen) atoms. The average molecular weight is 164 g/mol. The molecule has 3 heteroatoms. The van der Waals surface area contributed by atoms with Crippen molar-refractivity contribution in [2.24, 2.45) is 0 Å². The number of hydroxylamine groups is 3. The summed E-state index contributed by atoms with van der Waals surface area (Å²) in [6, 6.07) is 3.98. The van der Waals surface area contributed by atoms with Crippen molar-refractivity contribution in [1.29, 1.82) is 0 Å². The van der Waals surface area contributed by atoms with E-state index in [0.29, 0.717) is 0 Å². The molecule has 0 amide bonds. The van der Waals surface area contributed by atoms with E-state index in [1.54, 1.807) is 19.4 Å². The van der Waals surface area contributed by atoms with Gasteiger partial charge < -0.3 is 9.85 Å². The van der Waals surface area contributed by atoms with Gasteiger partial charge in [0.2, 0.25) is 0 Å². The van der Waals surface area contributed by atoms with E-state index < -0.39 is 0 Å². The zero-order valence-electron chi connectivity index (χ0n) is 7.10. The molecule has 3 nitrogen and oxygen atoms in total. The first-order valence-electron chi connectivity index (χ1n) is 4.16. The molecule has 1 aromatic rings. The summed E-state index contributed by atoms with van der Waals surface area (Å²) in [5, 5.41) is 11.6. The monoisotopic (exact) mass is 164 g/mol. The number of rotatable bonds is 1. The Morgan fingerprint density at radius 1 is 1.67 bits per heavy atom. The maximum Gasteiger partial charge on any atom is 0.121 e. The number of pyridine rings is 1. The van der Waals surface area contributed by atoms with Crippen LogP contribution in [0.5, 0.6) is 0 Å². The van der Waals surface area contributed by atoms with Crippen LogP contribution in [0, 0.1) is 5.21 Å². The van der Waals surface area contributed by atoms with E-state index in [-0.39, 0.29) is 10.7 Å². The van der Waals surface area contributed by atoms with Gasteiger partial charge in [-0.25, -0.2) is 0 Å². The summed E-state index contributed by atoms with van der Waals surface area (Å²) in [5.41, 5.74) is 1.07. The number of likely N-dealkylation sites (tertiary alicyclic amines) is 1. The van der Waals surface area contributed by atoms with Crippen LogP contribution in [-0.2, 0) is 0 Å². The van der Waals surface area contributed by atoms with Crippen LogP contribution in [0.15, 0.2) is 24.5 Å². The predicted molar refractivity (Wildman–Crippen MR) is 46.0 cm³/mol. The maximum absolute atomic E-state index is 11.6. The van der Waals surface area contributed by atoms with Crippen molar-refractivity contribution in [3.05, 3.63) is 35.3 Å². The lowest BCUT2D eigenvalue weighted by Gasteiger charge is -2.53. The molecule has 64 valence electrons. The number of nitrogens with zero attached hydrogens (tertiary/aromatic N) is 2. The normalized spacial score (nSPS) is 34.3. The zero-order valence-corrected chi connectivity index (χ0v) is 7.10. The first-order valence-corrected chi connectivity index (χ1v) is 4.16. The van der Waals surface area contributed by atoms with Gasteiger partial charge in [0.25, 0.3) is 0 Å². The van der Waals surface area contributed by atoms with Crippen molar-refractivity contribution in [1.82, 2.24) is 4.98 Å². The third-order valence-electron chi connectivity index (χ3n) is 2.58. The molecular weight excluding hydrogens is 152 g/mol. The summed E-state index contributed by atoms with van der Waals surface area (Å²) in [7, 11) is 1.72. The molecule has 1 aliphatic rings. The first kappa shape index (κ1) is 7.71. The molecule has 2 unspecified atom stereocenters. The van der Waals surface area contributed by atoms with Gasteiger partial charge in [0, 0.05) is 18.0 Å². The Balaban J connectivity index is 2.22. The summed E-state index contributed by atoms with van der Waals surface area (Å²) in [6.45, 7) is 0.736. The van der Waals surface area contributed by atoms with E-state index in [0.717, 1.165) is 18.5 Å². The summed E-state index contributed by atoms with van der Waals surface area (Å²) >= 11 is 0. The molecule has 1 fully saturated rings. The first-order chi connectivity index (χ1) is 5.70. The van der Waals surface area contributed by atoms with Crippen molar-refractivity contribution >= 4 is 0 Å². The third-order valence-corrected chi connectivity index (χ3v) is 2.58. The quantitative estimate of drug-likeness (QED) is 0.465. The summed E-state index contributed by atoms with van der Waals surface area (Å²) in [5.74, 6) is 0. The highest BCUT2D eigenvalue weighted by atomic mass is 16.5. The van der Waals surface area contributed by atoms with Crippen molar-refractivity contribution in [2.45, 2.75) is 12.5 Å². The van der Waals surface area contributed by atoms with Gasteiger partial charge in [0.05, 0.1) is 20.0 Å². The van der Waals surface area contributed by atoms with Crippen molar-refractivity contribution in [3.63, 3.8) is 0 Å². The second kappa shape index (κ2) is 2.54. The minimum atomic E-state index is -0.133. The van der Waals surface area contributed by atoms with Gasteiger partial charge in [-0.15, -0.1) is 0 Å². The van der Waals surface area contributed by atoms with Crippen LogP contribution in [0.25, 0.3) is 0 Å². The Kier molecular flexibility index (Phi) is 1.63. The smallest absolute Gasteiger partial charge is 0.121 e. The number of hydrogen-bond donors (Lipinski definition) is 0. The van der Waals surface area contributed by atoms with Gasteiger partial charge in [-0.05, 0) is 12.1 Å². The number of quaternary nitrogens is 1. The van der Waals surface area contributed by atoms with Crippen LogP contribution in [0.3, 0.4) is 0 Å². The molecule has 0 bridgehead atoms. The highest BCUT2D eigenvalue weighted by molar-refractivity contribution is 5.13. The zero-order chi connectivity index (χ0) is 8.60. The highest BCUT2D eigenvalue weighted by Gasteiger charge is 2.36. The van der Waals surface area contributed by atoms with Gasteiger partial charge in [-0.1, -0.05) is 0 Å². The molecular formula is C9H12N2O. The highest BCUT2D eigenvalue weighted by Crippen LogP contribution is 2.37. The molecule has 0 aliphatic carbocycles. The summed E-state index contributed by atoms with van der Waals surface area (Å²) in [6.07, 6.45) is 4.52. The Morgan fingerprint density at radius 2 is 2.50 bits per heavy atom. The summed E-state index contributed by atoms with van der Waals surface area (Å²) in [4.78, 5) is 4.00. The van der Waals surface area contributed by atoms with Gasteiger partial charge in [0.1, 0.15) is 6.04 Å². The molecule has 0 saturated carbocycles. The summed E-state index contributed by atoms with van der Waals surface area (Å²) < 4.78 is -0.133. The van der Waals surface area contributed by atoms with Crippen LogP contribution in [-0.4, -0.2) is 23.2 Å². The standard InChI is InChI=1S/C9H12N2O/c1-11(12)6-4-9(11)8-3-2-5-10-7-8/h2-3,5,7,9H,4,6H2,1H3. The fourth-order valence-electron chi connectivity index (χ4n) is 1.68. The molecule has 1 saturated heterocycles. The van der Waals surface area contributed by atoms with E-state index in [2.05, 4.69) is 4.98 Å². The molecule has 0 spiro atoms. The van der Waals surface area contributed by atoms with Crippen molar-refractivity contribution in [2.75, 3.05) is 13.6 Å². The Morgan fingerprint density at radius 3 is 2.92 bits per heavy atom. The van der Waals surface area contributed by atoms with E-state index in [4.69, 9.17) is 0 Å². The average Bonchev–Trinajstić information content (AvgIpc) is 2.05. The lowest BCUT2D eigenvalue weighted by Crippen LogP contribution is -2.51. The Labute approximate surface area is 71.8 Å². The fourth-order valence-corrected chi connectivity index (χ4v) is 1.68. The molecule has 0 radical (unpaired) electrons. The lowest BCUT2D eigenvalue weighted by molar-refractivity contribution is -0.935. The minimum Gasteiger partial charge on any atom is -0.633 e. The van der Waals surface area contributed by atoms with Crippen molar-refractivity contribution in [3.8, 4) is 0 Å². The van der Waals surface area contributed by atoms with Gasteiger partial charge in [0.15, 0.2) is 0 Å². The predicted octanol–water partition coefficient (Wildman–Crippen LogP) is 1.47. The Hall–Kier alpha value is -0.930. The molecule has 2 heterocycles. The number of aromatic nitrogens is 1. The van der Waals surface area contributed by atoms with E-state index in [1.165, 1.54) is 0 Å². The lowest BCUT2D eigenvalue weighted by atomic mass is 9.96. The molecule has 0 aromatic carbocycles. The van der Waals surface area contributed by atoms with Gasteiger partial charge in [-0.2, -0.15) is 0 Å². The van der Waals surface area contributed by atoms with E-state index in [9.17, 15) is 5.21 Å². The van der Waals surface area contributed by atoms with Gasteiger partial charge >= 0.3 is 0 Å². The largest absolute Gasteiger partial charge is 0.633 e. The molecule has 1 aliphatic heterocycles. The minimum absolute atomic E-state index is 0.124. The second-order valence-corrected chi connectivity index (χ2v) is 3.49. The van der Waals surface area contributed by atoms with Crippen LogP contribution < -0.4 is 0 Å². The topological polar surface area (TPSA) is 36.0 Å². The van der Waals surface area contributed by atoms with Crippen LogP contribution >= 0.6 is 0 Å². The van der Waals surface area contributed by atoms with Crippen LogP contribution in [0.2, 0.25) is 0 Å². The third kappa shape index (κ3) is 1.11. The molecule has 0 N–H and O–H groups in total. The van der Waals surface area contributed by atoms with E-state index in [1.807, 2.05) is 12.1 Å². The van der Waals surface area contributed by atoms with E-state index >= 15 is 0 Å². The number of hydrogen-bond acceptors (Lipinski definition) is 2. The molecule has 2 atom stereocenters. The maximum atomic E-state index is 11.6. The van der Waals surface area contributed by atoms with Gasteiger partial charge in [-0.3, -0.25) is 4.98 Å². The van der Waals surface area contributed by atoms with Crippen LogP contribution in [0.1, 0.15) is 18.0 Å². The van der Waals surface area contributed by atoms with Crippen molar-refractivity contribution < 1.29 is 4.65 Å². The fraction of sp³-hybridized carbons (Fsp3) is 0.444. The van der Waals surface area contributed by atoms with Crippen LogP contribution in [0.4, 0.5) is 0 Å². The molecule has 2 rings (SSSR count). The SMILES string of the molecule is C[N+]1([O-])CCC1c1cccnc1. The Bertz CT molecular complexity index is 271. The molecule has 1 aromatic heterocycles. The second-order valence-electron chi connectivity index (χ2n) is 3.49.